The lowest BCUT2D eigenvalue weighted by atomic mass is 9.93. The molecular formula is C18H20F2N4OS. The first kappa shape index (κ1) is 17.8. The van der Waals surface area contributed by atoms with Gasteiger partial charge in [-0.1, -0.05) is 0 Å². The van der Waals surface area contributed by atoms with Gasteiger partial charge in [0.15, 0.2) is 0 Å². The van der Waals surface area contributed by atoms with Crippen LogP contribution in [0.4, 0.5) is 8.78 Å². The van der Waals surface area contributed by atoms with Crippen molar-refractivity contribution < 1.29 is 13.5 Å². The van der Waals surface area contributed by atoms with Crippen LogP contribution in [-0.4, -0.2) is 39.8 Å². The molecule has 0 aliphatic carbocycles. The zero-order valence-electron chi connectivity index (χ0n) is 14.4. The Morgan fingerprint density at radius 3 is 2.85 bits per heavy atom. The summed E-state index contributed by atoms with van der Waals surface area (Å²) in [7, 11) is 0. The summed E-state index contributed by atoms with van der Waals surface area (Å²) >= 11 is 1.57. The molecule has 2 aliphatic heterocycles. The molecule has 0 saturated carbocycles. The molecule has 1 saturated heterocycles. The largest absolute Gasteiger partial charge is 0.370 e. The lowest BCUT2D eigenvalue weighted by molar-refractivity contribution is -0.0533. The van der Waals surface area contributed by atoms with Crippen molar-refractivity contribution in [3.63, 3.8) is 0 Å². The van der Waals surface area contributed by atoms with Crippen molar-refractivity contribution >= 4 is 11.8 Å². The van der Waals surface area contributed by atoms with Gasteiger partial charge in [0.1, 0.15) is 22.8 Å². The third kappa shape index (κ3) is 3.34. The van der Waals surface area contributed by atoms with Gasteiger partial charge in [-0.2, -0.15) is 0 Å². The molecule has 0 bridgehead atoms. The third-order valence-electron chi connectivity index (χ3n) is 5.01. The van der Waals surface area contributed by atoms with Crippen molar-refractivity contribution in [1.29, 1.82) is 0 Å². The zero-order chi connectivity index (χ0) is 18.3. The van der Waals surface area contributed by atoms with E-state index in [2.05, 4.69) is 14.9 Å². The average molecular weight is 378 g/mol. The Hall–Kier alpha value is -1.61. The molecular weight excluding hydrogens is 358 g/mol. The molecule has 3 heterocycles. The maximum atomic E-state index is 14.0. The molecule has 4 rings (SSSR count). The van der Waals surface area contributed by atoms with E-state index in [0.717, 1.165) is 28.5 Å². The highest BCUT2D eigenvalue weighted by molar-refractivity contribution is 7.98. The van der Waals surface area contributed by atoms with Gasteiger partial charge < -0.3 is 10.5 Å². The van der Waals surface area contributed by atoms with Gasteiger partial charge in [-0.3, -0.25) is 9.88 Å². The smallest absolute Gasteiger partial charge is 0.129 e. The molecule has 2 N–H and O–H groups in total. The van der Waals surface area contributed by atoms with Crippen molar-refractivity contribution in [3.05, 3.63) is 53.0 Å². The summed E-state index contributed by atoms with van der Waals surface area (Å²) in [4.78, 5) is 11.3. The van der Waals surface area contributed by atoms with E-state index in [4.69, 9.17) is 10.5 Å². The standard InChI is InChI=1S/C18H20F2N4OS/c1-26-17-6-22-15-7-24(8-16(15)23-17)11-5-14(21)18(25-9-11)12-4-10(19)2-3-13(12)20/h2-4,6,11,14,18H,5,7-9,21H2,1H3/t11?,14?,18-/m1/s1. The molecule has 3 atom stereocenters. The first-order chi connectivity index (χ1) is 12.5. The molecule has 26 heavy (non-hydrogen) atoms. The number of aromatic nitrogens is 2. The lowest BCUT2D eigenvalue weighted by Crippen LogP contribution is -2.47. The van der Waals surface area contributed by atoms with Crippen molar-refractivity contribution in [1.82, 2.24) is 14.9 Å². The number of benzene rings is 1. The summed E-state index contributed by atoms with van der Waals surface area (Å²) in [5, 5.41) is 0.906. The van der Waals surface area contributed by atoms with Gasteiger partial charge >= 0.3 is 0 Å². The van der Waals surface area contributed by atoms with Crippen molar-refractivity contribution in [3.8, 4) is 0 Å². The average Bonchev–Trinajstić information content (AvgIpc) is 3.07. The maximum absolute atomic E-state index is 14.0. The fourth-order valence-electron chi connectivity index (χ4n) is 3.64. The van der Waals surface area contributed by atoms with Gasteiger partial charge in [0.2, 0.25) is 0 Å². The number of halogens is 2. The number of rotatable bonds is 3. The minimum atomic E-state index is -0.633. The third-order valence-corrected chi connectivity index (χ3v) is 5.62. The molecule has 2 unspecified atom stereocenters. The number of ether oxygens (including phenoxy) is 1. The predicted octanol–water partition coefficient (Wildman–Crippen LogP) is 2.65. The summed E-state index contributed by atoms with van der Waals surface area (Å²) in [6.45, 7) is 1.82. The molecule has 5 nitrogen and oxygen atoms in total. The van der Waals surface area contributed by atoms with Crippen LogP contribution in [0.1, 0.15) is 29.5 Å². The van der Waals surface area contributed by atoms with Crippen LogP contribution in [0.3, 0.4) is 0 Å². The maximum Gasteiger partial charge on any atom is 0.129 e. The SMILES string of the molecule is CSc1cnc2c(n1)CN(C1CO[C@H](c3cc(F)ccc3F)C(N)C1)C2. The molecule has 1 aromatic heterocycles. The van der Waals surface area contributed by atoms with Crippen molar-refractivity contribution in [2.75, 3.05) is 12.9 Å². The predicted molar refractivity (Wildman–Crippen MR) is 94.5 cm³/mol. The highest BCUT2D eigenvalue weighted by atomic mass is 32.2. The van der Waals surface area contributed by atoms with Crippen LogP contribution in [0.25, 0.3) is 0 Å². The molecule has 0 spiro atoms. The Kier molecular flexibility index (Phi) is 4.92. The number of nitrogens with two attached hydrogens (primary N) is 1. The van der Waals surface area contributed by atoms with Gasteiger partial charge in [0, 0.05) is 30.7 Å². The fourth-order valence-corrected chi connectivity index (χ4v) is 4.00. The number of nitrogens with zero attached hydrogens (tertiary/aromatic N) is 3. The minimum Gasteiger partial charge on any atom is -0.370 e. The van der Waals surface area contributed by atoms with Crippen LogP contribution in [0, 0.1) is 11.6 Å². The molecule has 2 aromatic rings. The van der Waals surface area contributed by atoms with Gasteiger partial charge in [-0.25, -0.2) is 13.8 Å². The quantitative estimate of drug-likeness (QED) is 0.829. The summed E-state index contributed by atoms with van der Waals surface area (Å²) in [6, 6.07) is 3.08. The van der Waals surface area contributed by atoms with Crippen LogP contribution in [0.15, 0.2) is 29.4 Å². The van der Waals surface area contributed by atoms with Crippen LogP contribution in [0.2, 0.25) is 0 Å². The minimum absolute atomic E-state index is 0.103. The topological polar surface area (TPSA) is 64.3 Å². The first-order valence-electron chi connectivity index (χ1n) is 8.50. The van der Waals surface area contributed by atoms with Gasteiger partial charge in [-0.05, 0) is 30.9 Å². The van der Waals surface area contributed by atoms with E-state index in [1.807, 2.05) is 6.26 Å². The number of hydrogen-bond donors (Lipinski definition) is 1. The van der Waals surface area contributed by atoms with E-state index in [0.29, 0.717) is 26.1 Å². The molecule has 8 heteroatoms. The van der Waals surface area contributed by atoms with E-state index in [1.165, 1.54) is 6.07 Å². The van der Waals surface area contributed by atoms with E-state index >= 15 is 0 Å². The highest BCUT2D eigenvalue weighted by Gasteiger charge is 2.37. The van der Waals surface area contributed by atoms with Crippen LogP contribution in [-0.2, 0) is 17.8 Å². The van der Waals surface area contributed by atoms with Gasteiger partial charge in [-0.15, -0.1) is 11.8 Å². The Bertz CT molecular complexity index is 822. The molecule has 0 amide bonds. The molecule has 1 fully saturated rings. The second kappa shape index (κ2) is 7.19. The monoisotopic (exact) mass is 378 g/mol. The molecule has 2 aliphatic rings. The Morgan fingerprint density at radius 2 is 2.08 bits per heavy atom. The molecule has 1 aromatic carbocycles. The van der Waals surface area contributed by atoms with E-state index in [-0.39, 0.29) is 11.6 Å². The number of hydrogen-bond acceptors (Lipinski definition) is 6. The summed E-state index contributed by atoms with van der Waals surface area (Å²) in [6.07, 6.45) is 3.78. The first-order valence-corrected chi connectivity index (χ1v) is 9.72. The second-order valence-corrected chi connectivity index (χ2v) is 7.51. The second-order valence-electron chi connectivity index (χ2n) is 6.68. The van der Waals surface area contributed by atoms with Crippen LogP contribution in [0.5, 0.6) is 0 Å². The number of thioether (sulfide) groups is 1. The van der Waals surface area contributed by atoms with E-state index < -0.39 is 23.8 Å². The summed E-state index contributed by atoms with van der Waals surface area (Å²) in [5.41, 5.74) is 8.42. The molecule has 138 valence electrons. The van der Waals surface area contributed by atoms with Crippen LogP contribution < -0.4 is 5.73 Å². The lowest BCUT2D eigenvalue weighted by Gasteiger charge is -2.38. The van der Waals surface area contributed by atoms with E-state index in [9.17, 15) is 8.78 Å². The van der Waals surface area contributed by atoms with Crippen molar-refractivity contribution in [2.45, 2.75) is 42.7 Å². The summed E-state index contributed by atoms with van der Waals surface area (Å²) in [5.74, 6) is -0.979. The van der Waals surface area contributed by atoms with E-state index in [1.54, 1.807) is 18.0 Å². The Labute approximate surface area is 155 Å². The Balaban J connectivity index is 1.45. The summed E-state index contributed by atoms with van der Waals surface area (Å²) < 4.78 is 33.4. The number of fused-ring (bicyclic) bond motifs is 1. The normalized spacial score (nSPS) is 26.1. The highest BCUT2D eigenvalue weighted by Crippen LogP contribution is 2.33. The Morgan fingerprint density at radius 1 is 1.27 bits per heavy atom. The van der Waals surface area contributed by atoms with Crippen molar-refractivity contribution in [2.24, 2.45) is 5.73 Å². The van der Waals surface area contributed by atoms with Gasteiger partial charge in [0.05, 0.1) is 24.2 Å². The van der Waals surface area contributed by atoms with Gasteiger partial charge in [0.25, 0.3) is 0 Å². The zero-order valence-corrected chi connectivity index (χ0v) is 15.2. The van der Waals surface area contributed by atoms with Crippen LogP contribution >= 0.6 is 11.8 Å². The fraction of sp³-hybridized carbons (Fsp3) is 0.444. The molecule has 0 radical (unpaired) electrons.